The highest BCUT2D eigenvalue weighted by Crippen LogP contribution is 2.27. The van der Waals surface area contributed by atoms with Crippen molar-refractivity contribution in [3.63, 3.8) is 0 Å². The molecule has 0 aliphatic carbocycles. The molecule has 0 spiro atoms. The number of hydrogen-bond acceptors (Lipinski definition) is 5. The van der Waals surface area contributed by atoms with Crippen LogP contribution >= 0.6 is 11.8 Å². The molecule has 3 aromatic rings. The zero-order chi connectivity index (χ0) is 22.4. The zero-order valence-corrected chi connectivity index (χ0v) is 18.4. The first kappa shape index (κ1) is 22.5. The van der Waals surface area contributed by atoms with Crippen LogP contribution in [0, 0.1) is 11.7 Å². The summed E-state index contributed by atoms with van der Waals surface area (Å²) in [7, 11) is 0. The molecule has 2 amide bonds. The summed E-state index contributed by atoms with van der Waals surface area (Å²) in [6, 6.07) is 13.3. The van der Waals surface area contributed by atoms with Crippen molar-refractivity contribution in [2.75, 3.05) is 16.4 Å². The Morgan fingerprint density at radius 1 is 1.06 bits per heavy atom. The highest BCUT2D eigenvalue weighted by atomic mass is 32.2. The third-order valence-electron chi connectivity index (χ3n) is 4.18. The molecular formula is C22H24FN5O2S. The lowest BCUT2D eigenvalue weighted by atomic mass is 10.2. The lowest BCUT2D eigenvalue weighted by Crippen LogP contribution is -2.15. The lowest BCUT2D eigenvalue weighted by molar-refractivity contribution is -0.114. The fraction of sp³-hybridized carbons (Fsp3) is 0.273. The van der Waals surface area contributed by atoms with Gasteiger partial charge in [-0.3, -0.25) is 9.59 Å². The van der Waals surface area contributed by atoms with Gasteiger partial charge in [0.25, 0.3) is 0 Å². The second-order valence-corrected chi connectivity index (χ2v) is 8.33. The molecule has 0 atom stereocenters. The standard InChI is InChI=1S/C22H24FN5O2S/c1-14(2)12-28-21(18-9-4-5-10-19(18)23)26-27-22(28)31-13-20(30)25-17-8-6-7-16(11-17)24-15(3)29/h4-11,14H,12-13H2,1-3H3,(H,24,29)(H,25,30). The van der Waals surface area contributed by atoms with Crippen molar-refractivity contribution in [2.24, 2.45) is 5.92 Å². The van der Waals surface area contributed by atoms with Gasteiger partial charge in [0.1, 0.15) is 5.82 Å². The smallest absolute Gasteiger partial charge is 0.234 e. The molecule has 1 heterocycles. The Morgan fingerprint density at radius 3 is 2.45 bits per heavy atom. The van der Waals surface area contributed by atoms with Crippen LogP contribution in [0.5, 0.6) is 0 Å². The van der Waals surface area contributed by atoms with E-state index in [9.17, 15) is 14.0 Å². The summed E-state index contributed by atoms with van der Waals surface area (Å²) in [5.74, 6) is 0.0561. The van der Waals surface area contributed by atoms with Gasteiger partial charge in [0, 0.05) is 24.8 Å². The van der Waals surface area contributed by atoms with Gasteiger partial charge in [0.2, 0.25) is 11.8 Å². The Hall–Kier alpha value is -3.20. The number of hydrogen-bond donors (Lipinski definition) is 2. The van der Waals surface area contributed by atoms with Gasteiger partial charge in [-0.2, -0.15) is 0 Å². The van der Waals surface area contributed by atoms with E-state index in [0.29, 0.717) is 34.5 Å². The molecule has 0 saturated carbocycles. The van der Waals surface area contributed by atoms with Crippen LogP contribution in [0.15, 0.2) is 53.7 Å². The topological polar surface area (TPSA) is 88.9 Å². The Kier molecular flexibility index (Phi) is 7.41. The number of halogens is 1. The van der Waals surface area contributed by atoms with Crippen LogP contribution in [0.3, 0.4) is 0 Å². The lowest BCUT2D eigenvalue weighted by Gasteiger charge is -2.13. The van der Waals surface area contributed by atoms with E-state index >= 15 is 0 Å². The molecule has 2 aromatic carbocycles. The molecule has 0 bridgehead atoms. The van der Waals surface area contributed by atoms with Gasteiger partial charge in [-0.1, -0.05) is 43.8 Å². The Balaban J connectivity index is 1.72. The fourth-order valence-electron chi connectivity index (χ4n) is 2.97. The van der Waals surface area contributed by atoms with Gasteiger partial charge >= 0.3 is 0 Å². The molecule has 162 valence electrons. The molecule has 9 heteroatoms. The summed E-state index contributed by atoms with van der Waals surface area (Å²) in [4.78, 5) is 23.6. The van der Waals surface area contributed by atoms with Crippen LogP contribution in [-0.4, -0.2) is 32.3 Å². The highest BCUT2D eigenvalue weighted by Gasteiger charge is 2.18. The van der Waals surface area contributed by atoms with E-state index < -0.39 is 0 Å². The number of thioether (sulfide) groups is 1. The number of rotatable bonds is 8. The van der Waals surface area contributed by atoms with E-state index in [0.717, 1.165) is 0 Å². The van der Waals surface area contributed by atoms with Crippen molar-refractivity contribution in [2.45, 2.75) is 32.5 Å². The second kappa shape index (κ2) is 10.2. The predicted molar refractivity (Wildman–Crippen MR) is 120 cm³/mol. The van der Waals surface area contributed by atoms with Gasteiger partial charge in [0.05, 0.1) is 11.3 Å². The predicted octanol–water partition coefficient (Wildman–Crippen LogP) is 4.43. The first-order valence-corrected chi connectivity index (χ1v) is 10.8. The summed E-state index contributed by atoms with van der Waals surface area (Å²) < 4.78 is 16.1. The monoisotopic (exact) mass is 441 g/mol. The van der Waals surface area contributed by atoms with Gasteiger partial charge in [-0.15, -0.1) is 10.2 Å². The molecular weight excluding hydrogens is 417 g/mol. The maximum Gasteiger partial charge on any atom is 0.234 e. The minimum Gasteiger partial charge on any atom is -0.326 e. The van der Waals surface area contributed by atoms with Crippen LogP contribution in [0.25, 0.3) is 11.4 Å². The largest absolute Gasteiger partial charge is 0.326 e. The van der Waals surface area contributed by atoms with Crippen LogP contribution < -0.4 is 10.6 Å². The van der Waals surface area contributed by atoms with Gasteiger partial charge < -0.3 is 15.2 Å². The minimum absolute atomic E-state index is 0.109. The average molecular weight is 442 g/mol. The van der Waals surface area contributed by atoms with Crippen molar-refractivity contribution < 1.29 is 14.0 Å². The SMILES string of the molecule is CC(=O)Nc1cccc(NC(=O)CSc2nnc(-c3ccccc3F)n2CC(C)C)c1. The molecule has 0 aliphatic rings. The zero-order valence-electron chi connectivity index (χ0n) is 17.6. The first-order chi connectivity index (χ1) is 14.8. The minimum atomic E-state index is -0.367. The first-order valence-electron chi connectivity index (χ1n) is 9.82. The molecule has 0 fully saturated rings. The number of nitrogens with zero attached hydrogens (tertiary/aromatic N) is 3. The number of aromatic nitrogens is 3. The maximum atomic E-state index is 14.3. The summed E-state index contributed by atoms with van der Waals surface area (Å²) in [6.07, 6.45) is 0. The van der Waals surface area contributed by atoms with E-state index in [1.807, 2.05) is 18.4 Å². The van der Waals surface area contributed by atoms with Crippen molar-refractivity contribution in [3.05, 3.63) is 54.3 Å². The van der Waals surface area contributed by atoms with Crippen molar-refractivity contribution in [1.29, 1.82) is 0 Å². The summed E-state index contributed by atoms with van der Waals surface area (Å²) in [5, 5.41) is 14.4. The van der Waals surface area contributed by atoms with Crippen LogP contribution in [0.2, 0.25) is 0 Å². The third kappa shape index (κ3) is 6.14. The molecule has 0 aliphatic heterocycles. The number of nitrogens with one attached hydrogen (secondary N) is 2. The van der Waals surface area contributed by atoms with E-state index in [-0.39, 0.29) is 29.3 Å². The molecule has 2 N–H and O–H groups in total. The number of benzene rings is 2. The average Bonchev–Trinajstić information content (AvgIpc) is 3.08. The number of carbonyl (C=O) groups excluding carboxylic acids is 2. The maximum absolute atomic E-state index is 14.3. The molecule has 0 radical (unpaired) electrons. The van der Waals surface area contributed by atoms with Gasteiger partial charge in [-0.05, 0) is 36.2 Å². The fourth-order valence-corrected chi connectivity index (χ4v) is 3.72. The normalized spacial score (nSPS) is 10.9. The van der Waals surface area contributed by atoms with Gasteiger partial charge in [-0.25, -0.2) is 4.39 Å². The molecule has 31 heavy (non-hydrogen) atoms. The quantitative estimate of drug-likeness (QED) is 0.505. The Labute approximate surface area is 184 Å². The number of anilines is 2. The Morgan fingerprint density at radius 2 is 1.77 bits per heavy atom. The van der Waals surface area contributed by atoms with Crippen LogP contribution in [0.4, 0.5) is 15.8 Å². The molecule has 3 rings (SSSR count). The number of amides is 2. The molecule has 0 unspecified atom stereocenters. The van der Waals surface area contributed by atoms with Crippen molar-refractivity contribution >= 4 is 35.0 Å². The summed E-state index contributed by atoms with van der Waals surface area (Å²) in [6.45, 7) is 6.12. The van der Waals surface area contributed by atoms with Crippen molar-refractivity contribution in [1.82, 2.24) is 14.8 Å². The van der Waals surface area contributed by atoms with E-state index in [4.69, 9.17) is 0 Å². The molecule has 1 aromatic heterocycles. The van der Waals surface area contributed by atoms with Crippen LogP contribution in [0.1, 0.15) is 20.8 Å². The highest BCUT2D eigenvalue weighted by molar-refractivity contribution is 7.99. The summed E-state index contributed by atoms with van der Waals surface area (Å²) in [5.41, 5.74) is 1.55. The van der Waals surface area contributed by atoms with Crippen molar-refractivity contribution in [3.8, 4) is 11.4 Å². The third-order valence-corrected chi connectivity index (χ3v) is 5.15. The van der Waals surface area contributed by atoms with E-state index in [2.05, 4.69) is 20.8 Å². The molecule has 0 saturated heterocycles. The molecule has 7 nitrogen and oxygen atoms in total. The van der Waals surface area contributed by atoms with Crippen LogP contribution in [-0.2, 0) is 16.1 Å². The number of carbonyl (C=O) groups is 2. The second-order valence-electron chi connectivity index (χ2n) is 7.39. The van der Waals surface area contributed by atoms with Gasteiger partial charge in [0.15, 0.2) is 11.0 Å². The summed E-state index contributed by atoms with van der Waals surface area (Å²) >= 11 is 1.24. The van der Waals surface area contributed by atoms with E-state index in [1.165, 1.54) is 24.8 Å². The Bertz CT molecular complexity index is 1080. The van der Waals surface area contributed by atoms with E-state index in [1.54, 1.807) is 42.5 Å².